The number of aromatic hydroxyl groups is 1. The van der Waals surface area contributed by atoms with Crippen molar-refractivity contribution in [1.29, 1.82) is 0 Å². The van der Waals surface area contributed by atoms with Gasteiger partial charge in [-0.3, -0.25) is 4.79 Å². The van der Waals surface area contributed by atoms with Gasteiger partial charge in [-0.05, 0) is 63.2 Å². The number of nitrogens with zero attached hydrogens (tertiary/aromatic N) is 1. The summed E-state index contributed by atoms with van der Waals surface area (Å²) < 4.78 is 5.07. The van der Waals surface area contributed by atoms with E-state index >= 15 is 0 Å². The lowest BCUT2D eigenvalue weighted by atomic mass is 10.0. The van der Waals surface area contributed by atoms with Crippen LogP contribution in [0.25, 0.3) is 0 Å². The molecule has 0 bridgehead atoms. The van der Waals surface area contributed by atoms with Crippen LogP contribution in [0.3, 0.4) is 0 Å². The van der Waals surface area contributed by atoms with Gasteiger partial charge in [0, 0.05) is 6.04 Å². The minimum absolute atomic E-state index is 0.0539. The van der Waals surface area contributed by atoms with E-state index in [1.165, 1.54) is 29.3 Å². The van der Waals surface area contributed by atoms with Gasteiger partial charge >= 0.3 is 5.97 Å². The van der Waals surface area contributed by atoms with Crippen LogP contribution in [0.4, 0.5) is 0 Å². The van der Waals surface area contributed by atoms with E-state index in [0.29, 0.717) is 12.3 Å². The predicted octanol–water partition coefficient (Wildman–Crippen LogP) is 5.69. The lowest BCUT2D eigenvalue weighted by Crippen LogP contribution is -2.34. The molecular weight excluding hydrogens is 414 g/mol. The zero-order valence-corrected chi connectivity index (χ0v) is 19.8. The van der Waals surface area contributed by atoms with Gasteiger partial charge in [0.05, 0.1) is 5.56 Å². The number of ether oxygens (including phenoxy) is 1. The van der Waals surface area contributed by atoms with Crippen molar-refractivity contribution >= 4 is 12.3 Å². The molecule has 3 aromatic carbocycles. The fourth-order valence-corrected chi connectivity index (χ4v) is 3.51. The second-order valence-corrected chi connectivity index (χ2v) is 7.82. The van der Waals surface area contributed by atoms with Crippen LogP contribution in [0.2, 0.25) is 0 Å². The van der Waals surface area contributed by atoms with Gasteiger partial charge in [-0.15, -0.1) is 0 Å². The fourth-order valence-electron chi connectivity index (χ4n) is 3.51. The SMILES string of the molecule is CCN(CC)C(C)Cc1ccc(C)cc1.O=Cc1ccccc1OC(=O)c1ccccc1O. The first-order valence-corrected chi connectivity index (χ1v) is 11.2. The first-order valence-electron chi connectivity index (χ1n) is 11.2. The van der Waals surface area contributed by atoms with Gasteiger partial charge in [0.15, 0.2) is 6.29 Å². The second-order valence-electron chi connectivity index (χ2n) is 7.82. The number of benzene rings is 3. The largest absolute Gasteiger partial charge is 0.507 e. The number of phenolic OH excluding ortho intramolecular Hbond substituents is 1. The zero-order chi connectivity index (χ0) is 24.2. The van der Waals surface area contributed by atoms with Crippen molar-refractivity contribution < 1.29 is 19.4 Å². The number of esters is 1. The van der Waals surface area contributed by atoms with Crippen LogP contribution < -0.4 is 4.74 Å². The van der Waals surface area contributed by atoms with Gasteiger partial charge < -0.3 is 14.7 Å². The van der Waals surface area contributed by atoms with Crippen LogP contribution in [-0.4, -0.2) is 41.4 Å². The van der Waals surface area contributed by atoms with Gasteiger partial charge in [0.1, 0.15) is 17.1 Å². The van der Waals surface area contributed by atoms with Crippen LogP contribution in [0, 0.1) is 6.92 Å². The quantitative estimate of drug-likeness (QED) is 0.273. The Bertz CT molecular complexity index is 1030. The van der Waals surface area contributed by atoms with E-state index in [4.69, 9.17) is 4.74 Å². The molecule has 0 radical (unpaired) electrons. The number of carbonyl (C=O) groups is 2. The number of aldehydes is 1. The van der Waals surface area contributed by atoms with E-state index < -0.39 is 5.97 Å². The van der Waals surface area contributed by atoms with E-state index in [0.717, 1.165) is 19.5 Å². The second kappa shape index (κ2) is 13.2. The molecule has 5 heteroatoms. The molecule has 174 valence electrons. The normalized spacial score (nSPS) is 11.3. The van der Waals surface area contributed by atoms with Crippen molar-refractivity contribution in [2.75, 3.05) is 13.1 Å². The van der Waals surface area contributed by atoms with E-state index in [-0.39, 0.29) is 22.6 Å². The van der Waals surface area contributed by atoms with Gasteiger partial charge in [0.25, 0.3) is 0 Å². The van der Waals surface area contributed by atoms with Gasteiger partial charge in [-0.25, -0.2) is 4.79 Å². The number of carbonyl (C=O) groups excluding carboxylic acids is 2. The number of para-hydroxylation sites is 2. The molecule has 0 saturated heterocycles. The highest BCUT2D eigenvalue weighted by molar-refractivity contribution is 5.94. The molecule has 33 heavy (non-hydrogen) atoms. The summed E-state index contributed by atoms with van der Waals surface area (Å²) in [6, 6.07) is 22.0. The molecule has 1 atom stereocenters. The first-order chi connectivity index (χ1) is 15.9. The molecule has 0 aliphatic heterocycles. The van der Waals surface area contributed by atoms with Crippen LogP contribution >= 0.6 is 0 Å². The Hall–Kier alpha value is -3.44. The average molecular weight is 448 g/mol. The minimum Gasteiger partial charge on any atom is -0.507 e. The van der Waals surface area contributed by atoms with Crippen molar-refractivity contribution in [2.45, 2.75) is 40.2 Å². The maximum absolute atomic E-state index is 11.8. The summed E-state index contributed by atoms with van der Waals surface area (Å²) >= 11 is 0. The number of hydrogen-bond donors (Lipinski definition) is 1. The smallest absolute Gasteiger partial charge is 0.347 e. The summed E-state index contributed by atoms with van der Waals surface area (Å²) in [5.41, 5.74) is 3.12. The minimum atomic E-state index is -0.706. The molecule has 0 aromatic heterocycles. The Kier molecular flexibility index (Phi) is 10.3. The Balaban J connectivity index is 0.000000238. The topological polar surface area (TPSA) is 66.8 Å². The number of phenols is 1. The highest BCUT2D eigenvalue weighted by Crippen LogP contribution is 2.21. The standard InChI is InChI=1S/C14H23N.C14H10O4/c1-5-15(6-2)13(4)11-14-9-7-12(3)8-10-14;15-9-10-5-1-4-8-13(10)18-14(17)11-6-2-3-7-12(11)16/h7-10,13H,5-6,11H2,1-4H3;1-9,16H. The van der Waals surface area contributed by atoms with E-state index in [2.05, 4.69) is 56.9 Å². The van der Waals surface area contributed by atoms with Crippen LogP contribution in [-0.2, 0) is 6.42 Å². The third kappa shape index (κ3) is 7.88. The molecular formula is C28H33NO4. The Morgan fingerprint density at radius 2 is 1.58 bits per heavy atom. The van der Waals surface area contributed by atoms with Crippen molar-refractivity contribution in [2.24, 2.45) is 0 Å². The fraction of sp³-hybridized carbons (Fsp3) is 0.286. The Morgan fingerprint density at radius 1 is 0.970 bits per heavy atom. The maximum atomic E-state index is 11.8. The number of rotatable bonds is 8. The summed E-state index contributed by atoms with van der Waals surface area (Å²) in [5, 5.41) is 9.52. The molecule has 0 saturated carbocycles. The Morgan fingerprint density at radius 3 is 2.18 bits per heavy atom. The van der Waals surface area contributed by atoms with E-state index in [9.17, 15) is 14.7 Å². The molecule has 3 aromatic rings. The van der Waals surface area contributed by atoms with Crippen LogP contribution in [0.5, 0.6) is 11.5 Å². The maximum Gasteiger partial charge on any atom is 0.347 e. The summed E-state index contributed by atoms with van der Waals surface area (Å²) in [4.78, 5) is 25.1. The summed E-state index contributed by atoms with van der Waals surface area (Å²) in [6.45, 7) is 11.2. The van der Waals surface area contributed by atoms with Crippen molar-refractivity contribution in [3.8, 4) is 11.5 Å². The summed E-state index contributed by atoms with van der Waals surface area (Å²) in [5.74, 6) is -0.700. The van der Waals surface area contributed by atoms with Crippen LogP contribution in [0.1, 0.15) is 52.6 Å². The van der Waals surface area contributed by atoms with Crippen molar-refractivity contribution in [1.82, 2.24) is 4.90 Å². The van der Waals surface area contributed by atoms with Gasteiger partial charge in [-0.2, -0.15) is 0 Å². The molecule has 0 aliphatic rings. The lowest BCUT2D eigenvalue weighted by molar-refractivity contribution is 0.0730. The van der Waals surface area contributed by atoms with Gasteiger partial charge in [0.2, 0.25) is 0 Å². The van der Waals surface area contributed by atoms with Crippen molar-refractivity contribution in [3.05, 3.63) is 95.1 Å². The zero-order valence-electron chi connectivity index (χ0n) is 19.8. The number of aryl methyl sites for hydroxylation is 1. The highest BCUT2D eigenvalue weighted by Gasteiger charge is 2.14. The molecule has 0 spiro atoms. The molecule has 0 fully saturated rings. The third-order valence-corrected chi connectivity index (χ3v) is 5.46. The number of hydrogen-bond acceptors (Lipinski definition) is 5. The molecule has 3 rings (SSSR count). The van der Waals surface area contributed by atoms with Crippen molar-refractivity contribution in [3.63, 3.8) is 0 Å². The van der Waals surface area contributed by atoms with Crippen LogP contribution in [0.15, 0.2) is 72.8 Å². The number of likely N-dealkylation sites (N-methyl/N-ethyl adjacent to an activating group) is 1. The van der Waals surface area contributed by atoms with Gasteiger partial charge in [-0.1, -0.05) is 67.9 Å². The molecule has 5 nitrogen and oxygen atoms in total. The molecule has 1 N–H and O–H groups in total. The Labute approximate surface area is 196 Å². The monoisotopic (exact) mass is 447 g/mol. The molecule has 0 heterocycles. The first kappa shape index (κ1) is 25.8. The predicted molar refractivity (Wildman–Crippen MR) is 132 cm³/mol. The molecule has 1 unspecified atom stereocenters. The molecule has 0 aliphatic carbocycles. The summed E-state index contributed by atoms with van der Waals surface area (Å²) in [7, 11) is 0. The molecule has 0 amide bonds. The third-order valence-electron chi connectivity index (χ3n) is 5.46. The summed E-state index contributed by atoms with van der Waals surface area (Å²) in [6.07, 6.45) is 1.76. The highest BCUT2D eigenvalue weighted by atomic mass is 16.5. The van der Waals surface area contributed by atoms with E-state index in [1.54, 1.807) is 30.3 Å². The lowest BCUT2D eigenvalue weighted by Gasteiger charge is -2.26. The van der Waals surface area contributed by atoms with E-state index in [1.807, 2.05) is 0 Å². The average Bonchev–Trinajstić information content (AvgIpc) is 2.82.